The summed E-state index contributed by atoms with van der Waals surface area (Å²) in [6, 6.07) is 8.33. The number of rotatable bonds is 3. The summed E-state index contributed by atoms with van der Waals surface area (Å²) < 4.78 is 31.3. The molecule has 2 aromatic carbocycles. The lowest BCUT2D eigenvalue weighted by Crippen LogP contribution is -2.12. The monoisotopic (exact) mass is 262 g/mol. The molecule has 0 heterocycles. The van der Waals surface area contributed by atoms with Gasteiger partial charge in [-0.2, -0.15) is 0 Å². The second kappa shape index (κ2) is 5.06. The van der Waals surface area contributed by atoms with E-state index in [1.54, 1.807) is 18.2 Å². The first kappa shape index (κ1) is 13.0. The maximum atomic E-state index is 13.1. The molecule has 5 heteroatoms. The first-order chi connectivity index (χ1) is 8.97. The first-order valence-corrected chi connectivity index (χ1v) is 5.55. The van der Waals surface area contributed by atoms with Crippen LogP contribution in [0.2, 0.25) is 0 Å². The molecule has 2 rings (SSSR count). The number of hydrogen-bond donors (Lipinski definition) is 2. The normalized spacial score (nSPS) is 10.3. The van der Waals surface area contributed by atoms with Gasteiger partial charge in [0.25, 0.3) is 0 Å². The second-order valence-electron chi connectivity index (χ2n) is 4.09. The van der Waals surface area contributed by atoms with Crippen molar-refractivity contribution in [3.63, 3.8) is 0 Å². The molecule has 2 aromatic rings. The lowest BCUT2D eigenvalue weighted by Gasteiger charge is -2.11. The zero-order chi connectivity index (χ0) is 14.0. The van der Waals surface area contributed by atoms with Gasteiger partial charge in [0.05, 0.1) is 5.56 Å². The lowest BCUT2D eigenvalue weighted by molar-refractivity contribution is 0.460. The quantitative estimate of drug-likeness (QED) is 0.658. The van der Waals surface area contributed by atoms with E-state index in [4.69, 9.17) is 15.9 Å². The van der Waals surface area contributed by atoms with Crippen LogP contribution in [0.4, 0.5) is 8.78 Å². The predicted molar refractivity (Wildman–Crippen MR) is 68.6 cm³/mol. The Bertz CT molecular complexity index is 641. The Balaban J connectivity index is 2.37. The Morgan fingerprint density at radius 1 is 1.11 bits per heavy atom. The fraction of sp³-hybridized carbons (Fsp3) is 0.0714. The van der Waals surface area contributed by atoms with E-state index in [1.807, 2.05) is 6.92 Å². The minimum absolute atomic E-state index is 0.144. The molecule has 0 aliphatic carbocycles. The molecule has 0 aliphatic heterocycles. The van der Waals surface area contributed by atoms with Crippen LogP contribution < -0.4 is 10.5 Å². The van der Waals surface area contributed by atoms with Crippen LogP contribution in [-0.4, -0.2) is 5.84 Å². The van der Waals surface area contributed by atoms with Crippen molar-refractivity contribution in [2.45, 2.75) is 6.92 Å². The van der Waals surface area contributed by atoms with Crippen LogP contribution in [0.15, 0.2) is 36.4 Å². The van der Waals surface area contributed by atoms with E-state index < -0.39 is 11.6 Å². The largest absolute Gasteiger partial charge is 0.456 e. The molecule has 0 saturated carbocycles. The van der Waals surface area contributed by atoms with Crippen LogP contribution in [0.3, 0.4) is 0 Å². The zero-order valence-corrected chi connectivity index (χ0v) is 10.2. The molecule has 0 atom stereocenters. The molecule has 0 saturated heterocycles. The molecule has 0 bridgehead atoms. The van der Waals surface area contributed by atoms with E-state index in [2.05, 4.69) is 0 Å². The average molecular weight is 262 g/mol. The number of nitrogens with two attached hydrogens (primary N) is 1. The van der Waals surface area contributed by atoms with Crippen molar-refractivity contribution in [3.8, 4) is 11.5 Å². The van der Waals surface area contributed by atoms with Crippen molar-refractivity contribution in [2.24, 2.45) is 5.73 Å². The molecule has 19 heavy (non-hydrogen) atoms. The highest BCUT2D eigenvalue weighted by Crippen LogP contribution is 2.27. The summed E-state index contributed by atoms with van der Waals surface area (Å²) in [4.78, 5) is 0. The third kappa shape index (κ3) is 2.88. The van der Waals surface area contributed by atoms with Gasteiger partial charge in [0, 0.05) is 6.07 Å². The molecule has 0 radical (unpaired) electrons. The average Bonchev–Trinajstić information content (AvgIpc) is 2.36. The Kier molecular flexibility index (Phi) is 3.46. The number of benzene rings is 2. The fourth-order valence-electron chi connectivity index (χ4n) is 1.61. The summed E-state index contributed by atoms with van der Waals surface area (Å²) in [6.45, 7) is 1.85. The number of nitrogens with one attached hydrogen (secondary N) is 1. The van der Waals surface area contributed by atoms with Gasteiger partial charge >= 0.3 is 0 Å². The molecule has 0 aromatic heterocycles. The van der Waals surface area contributed by atoms with E-state index in [1.165, 1.54) is 6.07 Å². The van der Waals surface area contributed by atoms with Gasteiger partial charge in [0.1, 0.15) is 17.3 Å². The Morgan fingerprint density at radius 2 is 1.84 bits per heavy atom. The van der Waals surface area contributed by atoms with E-state index in [0.717, 1.165) is 17.7 Å². The number of aryl methyl sites for hydroxylation is 1. The van der Waals surface area contributed by atoms with Gasteiger partial charge in [-0.15, -0.1) is 0 Å². The first-order valence-electron chi connectivity index (χ1n) is 5.55. The minimum atomic E-state index is -0.992. The molecule has 0 amide bonds. The fourth-order valence-corrected chi connectivity index (χ4v) is 1.61. The third-order valence-electron chi connectivity index (χ3n) is 2.54. The van der Waals surface area contributed by atoms with Crippen molar-refractivity contribution < 1.29 is 13.5 Å². The molecule has 3 nitrogen and oxygen atoms in total. The smallest absolute Gasteiger partial charge is 0.162 e. The van der Waals surface area contributed by atoms with Gasteiger partial charge in [0.2, 0.25) is 0 Å². The van der Waals surface area contributed by atoms with E-state index in [0.29, 0.717) is 11.3 Å². The maximum absolute atomic E-state index is 13.1. The Labute approximate surface area is 109 Å². The van der Waals surface area contributed by atoms with Crippen LogP contribution in [0.5, 0.6) is 11.5 Å². The van der Waals surface area contributed by atoms with Gasteiger partial charge in [-0.25, -0.2) is 8.78 Å². The highest BCUT2D eigenvalue weighted by molar-refractivity contribution is 5.97. The van der Waals surface area contributed by atoms with Crippen molar-refractivity contribution >= 4 is 5.84 Å². The summed E-state index contributed by atoms with van der Waals surface area (Å²) in [5.41, 5.74) is 6.79. The van der Waals surface area contributed by atoms with Crippen LogP contribution in [0.1, 0.15) is 11.1 Å². The number of nitrogen functional groups attached to an aromatic ring is 1. The van der Waals surface area contributed by atoms with Crippen LogP contribution >= 0.6 is 0 Å². The van der Waals surface area contributed by atoms with Crippen LogP contribution in [0, 0.1) is 24.0 Å². The summed E-state index contributed by atoms with van der Waals surface area (Å²) in [7, 11) is 0. The SMILES string of the molecule is Cc1ccc(Oc2ccc(F)c(F)c2)c(C(=N)N)c1. The van der Waals surface area contributed by atoms with E-state index in [-0.39, 0.29) is 11.6 Å². The number of amidine groups is 1. The minimum Gasteiger partial charge on any atom is -0.456 e. The molecule has 0 aliphatic rings. The zero-order valence-electron chi connectivity index (χ0n) is 10.2. The number of hydrogen-bond acceptors (Lipinski definition) is 2. The van der Waals surface area contributed by atoms with Crippen molar-refractivity contribution in [1.29, 1.82) is 5.41 Å². The Hall–Kier alpha value is -2.43. The summed E-state index contributed by atoms with van der Waals surface area (Å²) in [5, 5.41) is 7.48. The standard InChI is InChI=1S/C14H12F2N2O/c1-8-2-5-13(10(6-8)14(17)18)19-9-3-4-11(15)12(16)7-9/h2-7H,1H3,(H3,17,18). The summed E-state index contributed by atoms with van der Waals surface area (Å²) >= 11 is 0. The molecule has 0 spiro atoms. The van der Waals surface area contributed by atoms with Crippen molar-refractivity contribution in [3.05, 3.63) is 59.2 Å². The molecule has 98 valence electrons. The van der Waals surface area contributed by atoms with Crippen molar-refractivity contribution in [2.75, 3.05) is 0 Å². The second-order valence-corrected chi connectivity index (χ2v) is 4.09. The van der Waals surface area contributed by atoms with Crippen LogP contribution in [0.25, 0.3) is 0 Å². The highest BCUT2D eigenvalue weighted by atomic mass is 19.2. The van der Waals surface area contributed by atoms with Gasteiger partial charge in [0.15, 0.2) is 11.6 Å². The van der Waals surface area contributed by atoms with Gasteiger partial charge in [-0.1, -0.05) is 11.6 Å². The summed E-state index contributed by atoms with van der Waals surface area (Å²) in [5.74, 6) is -1.62. The lowest BCUT2D eigenvalue weighted by atomic mass is 10.1. The molecule has 3 N–H and O–H groups in total. The topological polar surface area (TPSA) is 59.1 Å². The van der Waals surface area contributed by atoms with Gasteiger partial charge in [-0.3, -0.25) is 5.41 Å². The summed E-state index contributed by atoms with van der Waals surface area (Å²) in [6.07, 6.45) is 0. The van der Waals surface area contributed by atoms with Crippen molar-refractivity contribution in [1.82, 2.24) is 0 Å². The molecular formula is C14H12F2N2O. The maximum Gasteiger partial charge on any atom is 0.162 e. The van der Waals surface area contributed by atoms with Crippen LogP contribution in [-0.2, 0) is 0 Å². The number of ether oxygens (including phenoxy) is 1. The third-order valence-corrected chi connectivity index (χ3v) is 2.54. The van der Waals surface area contributed by atoms with E-state index >= 15 is 0 Å². The van der Waals surface area contributed by atoms with E-state index in [9.17, 15) is 8.78 Å². The van der Waals surface area contributed by atoms with Gasteiger partial charge in [-0.05, 0) is 31.2 Å². The molecule has 0 fully saturated rings. The van der Waals surface area contributed by atoms with Gasteiger partial charge < -0.3 is 10.5 Å². The Morgan fingerprint density at radius 3 is 2.47 bits per heavy atom. The highest BCUT2D eigenvalue weighted by Gasteiger charge is 2.10. The molecular weight excluding hydrogens is 250 g/mol. The number of halogens is 2. The molecule has 0 unspecified atom stereocenters. The predicted octanol–water partition coefficient (Wildman–Crippen LogP) is 3.35.